The van der Waals surface area contributed by atoms with Gasteiger partial charge < -0.3 is 11.5 Å². The highest BCUT2D eigenvalue weighted by Gasteiger charge is 1.84. The van der Waals surface area contributed by atoms with Crippen LogP contribution in [0.25, 0.3) is 0 Å². The molecule has 10 heavy (non-hydrogen) atoms. The van der Waals surface area contributed by atoms with E-state index in [1.54, 1.807) is 6.08 Å². The van der Waals surface area contributed by atoms with E-state index in [0.29, 0.717) is 5.70 Å². The highest BCUT2D eigenvalue weighted by Crippen LogP contribution is 2.09. The Balaban J connectivity index is 4.16. The van der Waals surface area contributed by atoms with Crippen molar-refractivity contribution in [3.8, 4) is 0 Å². The fourth-order valence-electron chi connectivity index (χ4n) is 0.328. The van der Waals surface area contributed by atoms with Crippen molar-refractivity contribution < 1.29 is 0 Å². The molecule has 0 fully saturated rings. The van der Waals surface area contributed by atoms with E-state index >= 15 is 0 Å². The first-order valence-corrected chi connectivity index (χ1v) is 3.46. The maximum Gasteiger partial charge on any atom is 0.0241 e. The van der Waals surface area contributed by atoms with Crippen LogP contribution in [0.1, 0.15) is 6.92 Å². The molecule has 3 heteroatoms. The number of nitrogens with two attached hydrogens (primary N) is 2. The molecule has 0 saturated carbocycles. The number of allylic oxidation sites excluding steroid dienone is 4. The van der Waals surface area contributed by atoms with Gasteiger partial charge in [-0.05, 0) is 18.3 Å². The zero-order valence-electron chi connectivity index (χ0n) is 6.09. The van der Waals surface area contributed by atoms with E-state index in [1.165, 1.54) is 0 Å². The molecule has 0 aliphatic rings. The van der Waals surface area contributed by atoms with Gasteiger partial charge in [-0.2, -0.15) is 0 Å². The maximum absolute atomic E-state index is 5.46. The van der Waals surface area contributed by atoms with Crippen LogP contribution in [0.15, 0.2) is 35.4 Å². The topological polar surface area (TPSA) is 52.0 Å². The Labute approximate surface area is 63.9 Å². The Morgan fingerprint density at radius 3 is 2.20 bits per heavy atom. The van der Waals surface area contributed by atoms with Crippen LogP contribution in [-0.4, -0.2) is 0 Å². The molecule has 0 heterocycles. The number of hydrogen-bond donors (Lipinski definition) is 2. The van der Waals surface area contributed by atoms with Crippen molar-refractivity contribution in [3.63, 3.8) is 0 Å². The van der Waals surface area contributed by atoms with Gasteiger partial charge in [-0.15, -0.1) is 9.24 Å². The monoisotopic (exact) mass is 156 g/mol. The Morgan fingerprint density at radius 1 is 1.40 bits per heavy atom. The molecule has 0 saturated heterocycles. The van der Waals surface area contributed by atoms with Crippen molar-refractivity contribution in [3.05, 3.63) is 35.4 Å². The van der Waals surface area contributed by atoms with Gasteiger partial charge in [-0.1, -0.05) is 12.7 Å². The summed E-state index contributed by atoms with van der Waals surface area (Å²) in [5, 5.41) is 0.937. The van der Waals surface area contributed by atoms with Gasteiger partial charge in [0.1, 0.15) is 0 Å². The van der Waals surface area contributed by atoms with Gasteiger partial charge in [0.2, 0.25) is 0 Å². The second kappa shape index (κ2) is 4.13. The molecule has 0 aromatic heterocycles. The lowest BCUT2D eigenvalue weighted by molar-refractivity contribution is 1.30. The van der Waals surface area contributed by atoms with Gasteiger partial charge in [0.25, 0.3) is 0 Å². The van der Waals surface area contributed by atoms with Crippen molar-refractivity contribution in [1.82, 2.24) is 0 Å². The summed E-state index contributed by atoms with van der Waals surface area (Å²) < 4.78 is 0. The van der Waals surface area contributed by atoms with Crippen LogP contribution in [0.5, 0.6) is 0 Å². The molecule has 2 nitrogen and oxygen atoms in total. The van der Waals surface area contributed by atoms with Crippen molar-refractivity contribution in [2.75, 3.05) is 0 Å². The lowest BCUT2D eigenvalue weighted by atomic mass is 10.3. The Hall–Kier alpha value is -0.750. The fraction of sp³-hybridized carbons (Fsp3) is 0.143. The highest BCUT2D eigenvalue weighted by molar-refractivity contribution is 7.23. The Kier molecular flexibility index (Phi) is 3.82. The van der Waals surface area contributed by atoms with E-state index in [4.69, 9.17) is 11.5 Å². The van der Waals surface area contributed by atoms with E-state index in [0.717, 1.165) is 11.0 Å². The quantitative estimate of drug-likeness (QED) is 0.464. The van der Waals surface area contributed by atoms with E-state index in [2.05, 4.69) is 15.8 Å². The highest BCUT2D eigenvalue weighted by atomic mass is 31.0. The largest absolute Gasteiger partial charge is 0.402 e. The number of rotatable bonds is 2. The molecule has 0 radical (unpaired) electrons. The first-order valence-electron chi connectivity index (χ1n) is 2.88. The lowest BCUT2D eigenvalue weighted by Crippen LogP contribution is -1.93. The van der Waals surface area contributed by atoms with Crippen LogP contribution in [-0.2, 0) is 0 Å². The van der Waals surface area contributed by atoms with Crippen LogP contribution in [0.3, 0.4) is 0 Å². The minimum atomic E-state index is 0.529. The summed E-state index contributed by atoms with van der Waals surface area (Å²) in [6.45, 7) is 5.33. The summed E-state index contributed by atoms with van der Waals surface area (Å²) >= 11 is 0. The molecule has 0 rings (SSSR count). The van der Waals surface area contributed by atoms with Gasteiger partial charge >= 0.3 is 0 Å². The Bertz CT molecular complexity index is 188. The predicted molar refractivity (Wildman–Crippen MR) is 49.1 cm³/mol. The molecule has 0 aromatic rings. The van der Waals surface area contributed by atoms with E-state index in [-0.39, 0.29) is 0 Å². The van der Waals surface area contributed by atoms with Crippen LogP contribution in [0.4, 0.5) is 0 Å². The minimum absolute atomic E-state index is 0.529. The summed E-state index contributed by atoms with van der Waals surface area (Å²) in [5.74, 6) is 0. The van der Waals surface area contributed by atoms with Gasteiger partial charge in [-0.3, -0.25) is 0 Å². The maximum atomic E-state index is 5.46. The van der Waals surface area contributed by atoms with Gasteiger partial charge in [-0.25, -0.2) is 0 Å². The summed E-state index contributed by atoms with van der Waals surface area (Å²) in [4.78, 5) is 0. The summed E-state index contributed by atoms with van der Waals surface area (Å²) in [6.07, 6.45) is 3.51. The zero-order valence-corrected chi connectivity index (χ0v) is 7.25. The average Bonchev–Trinajstić information content (AvgIpc) is 1.82. The van der Waals surface area contributed by atoms with Gasteiger partial charge in [0, 0.05) is 11.4 Å². The van der Waals surface area contributed by atoms with Crippen molar-refractivity contribution in [2.24, 2.45) is 11.5 Å². The third kappa shape index (κ3) is 4.16. The van der Waals surface area contributed by atoms with Gasteiger partial charge in [0.15, 0.2) is 0 Å². The molecule has 0 amide bonds. The molecular formula is C7H13N2P. The lowest BCUT2D eigenvalue weighted by Gasteiger charge is -1.94. The average molecular weight is 156 g/mol. The van der Waals surface area contributed by atoms with E-state index in [1.807, 2.05) is 13.0 Å². The molecule has 1 unspecified atom stereocenters. The second-order valence-electron chi connectivity index (χ2n) is 2.05. The number of hydrogen-bond acceptors (Lipinski definition) is 2. The summed E-state index contributed by atoms with van der Waals surface area (Å²) in [6, 6.07) is 0. The predicted octanol–water partition coefficient (Wildman–Crippen LogP) is 1.08. The molecule has 0 spiro atoms. The van der Waals surface area contributed by atoms with Crippen LogP contribution in [0, 0.1) is 0 Å². The molecular weight excluding hydrogens is 143 g/mol. The van der Waals surface area contributed by atoms with Crippen molar-refractivity contribution in [1.29, 1.82) is 0 Å². The third-order valence-electron chi connectivity index (χ3n) is 0.932. The van der Waals surface area contributed by atoms with Crippen molar-refractivity contribution in [2.45, 2.75) is 6.92 Å². The molecule has 0 aliphatic heterocycles. The third-order valence-corrected chi connectivity index (χ3v) is 1.58. The Morgan fingerprint density at radius 2 is 1.90 bits per heavy atom. The van der Waals surface area contributed by atoms with E-state index < -0.39 is 0 Å². The van der Waals surface area contributed by atoms with Gasteiger partial charge in [0.05, 0.1) is 0 Å². The normalized spacial score (nSPS) is 13.4. The van der Waals surface area contributed by atoms with Crippen LogP contribution < -0.4 is 11.5 Å². The zero-order chi connectivity index (χ0) is 8.15. The smallest absolute Gasteiger partial charge is 0.0241 e. The SMILES string of the molecule is C=C(N)/C=C\C(P)=C(/C)N. The second-order valence-corrected chi connectivity index (χ2v) is 2.67. The molecule has 0 bridgehead atoms. The van der Waals surface area contributed by atoms with Crippen LogP contribution in [0.2, 0.25) is 0 Å². The molecule has 0 aliphatic carbocycles. The molecule has 1 atom stereocenters. The minimum Gasteiger partial charge on any atom is -0.402 e. The summed E-state index contributed by atoms with van der Waals surface area (Å²) in [5.41, 5.74) is 12.0. The van der Waals surface area contributed by atoms with Crippen molar-refractivity contribution >= 4 is 9.24 Å². The fourth-order valence-corrected chi connectivity index (χ4v) is 0.424. The molecule has 0 aromatic carbocycles. The first-order chi connectivity index (χ1) is 4.54. The summed E-state index contributed by atoms with van der Waals surface area (Å²) in [7, 11) is 2.51. The first kappa shape index (κ1) is 9.25. The molecule has 4 N–H and O–H groups in total. The standard InChI is InChI=1S/C7H13N2P/c1-5(8)3-4-7(10)6(2)9/h3-4H,1,8-10H2,2H3/b4-3-,7-6-. The molecule has 56 valence electrons. The van der Waals surface area contributed by atoms with Crippen LogP contribution >= 0.6 is 9.24 Å². The van der Waals surface area contributed by atoms with E-state index in [9.17, 15) is 0 Å².